The maximum absolute atomic E-state index is 12.3. The minimum Gasteiger partial charge on any atom is -0.493 e. The summed E-state index contributed by atoms with van der Waals surface area (Å²) in [7, 11) is 0. The second-order valence-electron chi connectivity index (χ2n) is 5.90. The van der Waals surface area contributed by atoms with Crippen LogP contribution in [-0.2, 0) is 4.79 Å². The first-order chi connectivity index (χ1) is 10.1. The molecule has 0 N–H and O–H groups in total. The van der Waals surface area contributed by atoms with Gasteiger partial charge in [-0.25, -0.2) is 0 Å². The number of carbonyl (C=O) groups excluding carboxylic acids is 1. The Labute approximate surface area is 135 Å². The lowest BCUT2D eigenvalue weighted by Crippen LogP contribution is -2.35. The first-order valence-electron chi connectivity index (χ1n) is 7.51. The minimum atomic E-state index is 0.212. The summed E-state index contributed by atoms with van der Waals surface area (Å²) in [6.07, 6.45) is 5.29. The van der Waals surface area contributed by atoms with Crippen LogP contribution in [-0.4, -0.2) is 30.0 Å². The van der Waals surface area contributed by atoms with Crippen molar-refractivity contribution in [1.82, 2.24) is 4.90 Å². The van der Waals surface area contributed by atoms with Crippen LogP contribution in [0.4, 0.5) is 0 Å². The van der Waals surface area contributed by atoms with E-state index in [1.54, 1.807) is 18.2 Å². The molecule has 1 amide bonds. The molecule has 2 saturated carbocycles. The largest absolute Gasteiger partial charge is 0.493 e. The van der Waals surface area contributed by atoms with Gasteiger partial charge < -0.3 is 9.64 Å². The van der Waals surface area contributed by atoms with Crippen molar-refractivity contribution in [2.45, 2.75) is 38.1 Å². The van der Waals surface area contributed by atoms with Crippen LogP contribution in [0, 0.1) is 5.92 Å². The van der Waals surface area contributed by atoms with Crippen molar-refractivity contribution in [3.63, 3.8) is 0 Å². The zero-order chi connectivity index (χ0) is 14.8. The first kappa shape index (κ1) is 15.0. The van der Waals surface area contributed by atoms with Crippen molar-refractivity contribution < 1.29 is 9.53 Å². The van der Waals surface area contributed by atoms with Crippen molar-refractivity contribution in [2.24, 2.45) is 5.92 Å². The molecule has 2 aliphatic carbocycles. The zero-order valence-corrected chi connectivity index (χ0v) is 13.4. The fourth-order valence-electron chi connectivity index (χ4n) is 2.39. The zero-order valence-electron chi connectivity index (χ0n) is 11.9. The number of carbonyl (C=O) groups is 1. The van der Waals surface area contributed by atoms with E-state index in [2.05, 4.69) is 4.90 Å². The van der Waals surface area contributed by atoms with Gasteiger partial charge in [0.1, 0.15) is 5.75 Å². The predicted molar refractivity (Wildman–Crippen MR) is 84.0 cm³/mol. The molecule has 21 heavy (non-hydrogen) atoms. The number of halogens is 2. The summed E-state index contributed by atoms with van der Waals surface area (Å²) in [6, 6.07) is 5.63. The minimum absolute atomic E-state index is 0.212. The molecule has 0 atom stereocenters. The maximum Gasteiger partial charge on any atom is 0.226 e. The van der Waals surface area contributed by atoms with Gasteiger partial charge in [0, 0.05) is 18.7 Å². The van der Waals surface area contributed by atoms with E-state index < -0.39 is 0 Å². The summed E-state index contributed by atoms with van der Waals surface area (Å²) in [5.74, 6) is 1.60. The molecule has 2 fully saturated rings. The van der Waals surface area contributed by atoms with Gasteiger partial charge in [0.15, 0.2) is 0 Å². The number of nitrogens with zero attached hydrogens (tertiary/aromatic N) is 1. The predicted octanol–water partition coefficient (Wildman–Crippen LogP) is 4.16. The van der Waals surface area contributed by atoms with Gasteiger partial charge in [-0.1, -0.05) is 23.2 Å². The van der Waals surface area contributed by atoms with Crippen molar-refractivity contribution in [3.8, 4) is 5.75 Å². The highest BCUT2D eigenvalue weighted by atomic mass is 35.5. The van der Waals surface area contributed by atoms with Crippen LogP contribution >= 0.6 is 23.2 Å². The van der Waals surface area contributed by atoms with Crippen LogP contribution < -0.4 is 4.74 Å². The van der Waals surface area contributed by atoms with Gasteiger partial charge in [-0.2, -0.15) is 0 Å². The molecule has 0 bridgehead atoms. The molecular formula is C16H19Cl2NO2. The molecule has 0 unspecified atom stereocenters. The van der Waals surface area contributed by atoms with Crippen molar-refractivity contribution in [3.05, 3.63) is 28.2 Å². The molecule has 0 radical (unpaired) electrons. The van der Waals surface area contributed by atoms with E-state index in [0.717, 1.165) is 25.3 Å². The summed E-state index contributed by atoms with van der Waals surface area (Å²) in [6.45, 7) is 1.32. The first-order valence-corrected chi connectivity index (χ1v) is 8.26. The van der Waals surface area contributed by atoms with Crippen LogP contribution in [0.3, 0.4) is 0 Å². The summed E-state index contributed by atoms with van der Waals surface area (Å²) in [5, 5.41) is 0.971. The monoisotopic (exact) mass is 327 g/mol. The van der Waals surface area contributed by atoms with E-state index in [4.69, 9.17) is 27.9 Å². The average molecular weight is 328 g/mol. The van der Waals surface area contributed by atoms with Crippen LogP contribution in [0.15, 0.2) is 18.2 Å². The molecule has 0 saturated heterocycles. The lowest BCUT2D eigenvalue weighted by Gasteiger charge is -2.22. The lowest BCUT2D eigenvalue weighted by atomic mass is 10.3. The summed E-state index contributed by atoms with van der Waals surface area (Å²) in [5.41, 5.74) is 0. The van der Waals surface area contributed by atoms with Gasteiger partial charge in [0.2, 0.25) is 5.91 Å². The van der Waals surface area contributed by atoms with Gasteiger partial charge >= 0.3 is 0 Å². The molecule has 3 rings (SSSR count). The number of benzene rings is 1. The highest BCUT2D eigenvalue weighted by molar-refractivity contribution is 6.42. The SMILES string of the molecule is O=C(CCOc1ccc(Cl)c(Cl)c1)N(CC1CC1)C1CC1. The Balaban J connectivity index is 1.46. The second-order valence-corrected chi connectivity index (χ2v) is 6.71. The van der Waals surface area contributed by atoms with Gasteiger partial charge in [0.05, 0.1) is 23.1 Å². The Morgan fingerprint density at radius 1 is 1.19 bits per heavy atom. The van der Waals surface area contributed by atoms with E-state index in [0.29, 0.717) is 34.9 Å². The molecule has 1 aromatic rings. The second kappa shape index (κ2) is 6.45. The Kier molecular flexibility index (Phi) is 4.60. The highest BCUT2D eigenvalue weighted by Gasteiger charge is 2.36. The smallest absolute Gasteiger partial charge is 0.226 e. The third-order valence-electron chi connectivity index (χ3n) is 3.94. The Morgan fingerprint density at radius 2 is 1.95 bits per heavy atom. The van der Waals surface area contributed by atoms with Gasteiger partial charge in [0.25, 0.3) is 0 Å². The van der Waals surface area contributed by atoms with Crippen LogP contribution in [0.2, 0.25) is 10.0 Å². The molecule has 0 spiro atoms. The molecular weight excluding hydrogens is 309 g/mol. The Bertz CT molecular complexity index is 527. The molecule has 2 aliphatic rings. The van der Waals surface area contributed by atoms with E-state index in [1.807, 2.05) is 0 Å². The van der Waals surface area contributed by atoms with E-state index in [1.165, 1.54) is 12.8 Å². The van der Waals surface area contributed by atoms with Gasteiger partial charge in [-0.3, -0.25) is 4.79 Å². The van der Waals surface area contributed by atoms with Gasteiger partial charge in [-0.15, -0.1) is 0 Å². The Hall–Kier alpha value is -0.930. The standard InChI is InChI=1S/C16H19Cl2NO2/c17-14-6-5-13(9-15(14)18)21-8-7-16(20)19(12-3-4-12)10-11-1-2-11/h5-6,9,11-12H,1-4,7-8,10H2. The fourth-order valence-corrected chi connectivity index (χ4v) is 2.67. The summed E-state index contributed by atoms with van der Waals surface area (Å²) in [4.78, 5) is 14.4. The van der Waals surface area contributed by atoms with E-state index >= 15 is 0 Å². The van der Waals surface area contributed by atoms with Crippen molar-refractivity contribution in [1.29, 1.82) is 0 Å². The number of hydrogen-bond acceptors (Lipinski definition) is 2. The molecule has 0 aliphatic heterocycles. The van der Waals surface area contributed by atoms with Crippen LogP contribution in [0.5, 0.6) is 5.75 Å². The highest BCUT2D eigenvalue weighted by Crippen LogP contribution is 2.35. The number of hydrogen-bond donors (Lipinski definition) is 0. The summed E-state index contributed by atoms with van der Waals surface area (Å²) < 4.78 is 5.59. The van der Waals surface area contributed by atoms with Gasteiger partial charge in [-0.05, 0) is 43.7 Å². The third kappa shape index (κ3) is 4.27. The van der Waals surface area contributed by atoms with Crippen molar-refractivity contribution in [2.75, 3.05) is 13.2 Å². The van der Waals surface area contributed by atoms with Crippen LogP contribution in [0.25, 0.3) is 0 Å². The average Bonchev–Trinajstić information content (AvgIpc) is 3.33. The van der Waals surface area contributed by atoms with E-state index in [-0.39, 0.29) is 5.91 Å². The normalized spacial score (nSPS) is 17.6. The quantitative estimate of drug-likeness (QED) is 0.752. The fraction of sp³-hybridized carbons (Fsp3) is 0.562. The van der Waals surface area contributed by atoms with Crippen LogP contribution in [0.1, 0.15) is 32.1 Å². The van der Waals surface area contributed by atoms with E-state index in [9.17, 15) is 4.79 Å². The van der Waals surface area contributed by atoms with Crippen molar-refractivity contribution >= 4 is 29.1 Å². The maximum atomic E-state index is 12.3. The topological polar surface area (TPSA) is 29.5 Å². The summed E-state index contributed by atoms with van der Waals surface area (Å²) >= 11 is 11.8. The molecule has 114 valence electrons. The molecule has 1 aromatic carbocycles. The molecule has 3 nitrogen and oxygen atoms in total. The lowest BCUT2D eigenvalue weighted by molar-refractivity contribution is -0.132. The molecule has 0 heterocycles. The molecule has 5 heteroatoms. The number of ether oxygens (including phenoxy) is 1. The third-order valence-corrected chi connectivity index (χ3v) is 4.67. The number of rotatable bonds is 7. The number of amides is 1. The molecule has 0 aromatic heterocycles. The Morgan fingerprint density at radius 3 is 2.57 bits per heavy atom.